The lowest BCUT2D eigenvalue weighted by Crippen LogP contribution is -2.30. The molecule has 0 N–H and O–H groups in total. The summed E-state index contributed by atoms with van der Waals surface area (Å²) in [5.41, 5.74) is 0. The van der Waals surface area contributed by atoms with Crippen molar-refractivity contribution in [1.82, 2.24) is 0 Å². The summed E-state index contributed by atoms with van der Waals surface area (Å²) >= 11 is 0. The van der Waals surface area contributed by atoms with Crippen LogP contribution in [-0.4, -0.2) is 37.2 Å². The molecule has 1 unspecified atom stereocenters. The minimum atomic E-state index is -0.787. The number of carbonyl (C=O) groups is 3. The average Bonchev–Trinajstić information content (AvgIpc) is 3.27. The summed E-state index contributed by atoms with van der Waals surface area (Å²) in [6, 6.07) is 0. The zero-order valence-electron chi connectivity index (χ0n) is 41.1. The molecule has 0 heterocycles. The highest BCUT2D eigenvalue weighted by Crippen LogP contribution is 2.15. The smallest absolute Gasteiger partial charge is 0.306 e. The van der Waals surface area contributed by atoms with Crippen LogP contribution in [0.4, 0.5) is 0 Å². The average molecular weight is 869 g/mol. The van der Waals surface area contributed by atoms with Gasteiger partial charge in [-0.3, -0.25) is 14.4 Å². The van der Waals surface area contributed by atoms with Crippen molar-refractivity contribution in [2.45, 2.75) is 277 Å². The third-order valence-electron chi connectivity index (χ3n) is 11.6. The van der Waals surface area contributed by atoms with E-state index in [0.717, 1.165) is 83.5 Å². The van der Waals surface area contributed by atoms with Gasteiger partial charge in [-0.2, -0.15) is 0 Å². The molecular formula is C56H100O6. The Labute approximate surface area is 384 Å². The molecule has 0 aromatic heterocycles. The molecule has 0 saturated carbocycles. The largest absolute Gasteiger partial charge is 0.462 e. The molecule has 62 heavy (non-hydrogen) atoms. The summed E-state index contributed by atoms with van der Waals surface area (Å²) in [4.78, 5) is 38.0. The fraction of sp³-hybridized carbons (Fsp3) is 0.804. The molecule has 6 heteroatoms. The lowest BCUT2D eigenvalue weighted by Gasteiger charge is -2.18. The van der Waals surface area contributed by atoms with Gasteiger partial charge < -0.3 is 14.2 Å². The maximum absolute atomic E-state index is 12.8. The minimum absolute atomic E-state index is 0.0841. The van der Waals surface area contributed by atoms with Crippen LogP contribution < -0.4 is 0 Å². The Hall–Kier alpha value is -2.63. The van der Waals surface area contributed by atoms with Crippen molar-refractivity contribution in [3.8, 4) is 0 Å². The molecule has 0 spiro atoms. The Balaban J connectivity index is 4.42. The molecule has 0 aliphatic rings. The van der Waals surface area contributed by atoms with Gasteiger partial charge in [-0.25, -0.2) is 0 Å². The quantitative estimate of drug-likeness (QED) is 0.0262. The Morgan fingerprint density at radius 3 is 0.903 bits per heavy atom. The van der Waals surface area contributed by atoms with Gasteiger partial charge >= 0.3 is 17.9 Å². The number of rotatable bonds is 48. The van der Waals surface area contributed by atoms with Crippen molar-refractivity contribution in [2.24, 2.45) is 0 Å². The SMILES string of the molecule is CCCCC/C=C\C=C/CCCCCCCCC(=O)OC(COC(=O)CCCCC/C=C\C=C/CCCCCCCCC)COC(=O)CCCCCCCCCCCCCCC. The summed E-state index contributed by atoms with van der Waals surface area (Å²) in [5.74, 6) is -0.915. The van der Waals surface area contributed by atoms with E-state index in [9.17, 15) is 14.4 Å². The normalized spacial score (nSPS) is 12.4. The van der Waals surface area contributed by atoms with E-state index < -0.39 is 6.10 Å². The number of ether oxygens (including phenoxy) is 3. The number of hydrogen-bond acceptors (Lipinski definition) is 6. The van der Waals surface area contributed by atoms with Gasteiger partial charge in [0.15, 0.2) is 6.10 Å². The second-order valence-electron chi connectivity index (χ2n) is 17.8. The van der Waals surface area contributed by atoms with Crippen molar-refractivity contribution in [1.29, 1.82) is 0 Å². The van der Waals surface area contributed by atoms with E-state index in [2.05, 4.69) is 69.4 Å². The van der Waals surface area contributed by atoms with Crippen molar-refractivity contribution < 1.29 is 28.6 Å². The van der Waals surface area contributed by atoms with Crippen LogP contribution in [0, 0.1) is 0 Å². The molecule has 0 amide bonds. The predicted molar refractivity (Wildman–Crippen MR) is 265 cm³/mol. The van der Waals surface area contributed by atoms with Gasteiger partial charge in [0, 0.05) is 19.3 Å². The van der Waals surface area contributed by atoms with E-state index in [1.54, 1.807) is 0 Å². The van der Waals surface area contributed by atoms with Gasteiger partial charge in [-0.15, -0.1) is 0 Å². The Bertz CT molecular complexity index is 1090. The molecule has 0 bridgehead atoms. The van der Waals surface area contributed by atoms with E-state index in [4.69, 9.17) is 14.2 Å². The van der Waals surface area contributed by atoms with Crippen LogP contribution in [0.3, 0.4) is 0 Å². The Kier molecular flexibility index (Phi) is 48.8. The summed E-state index contributed by atoms with van der Waals surface area (Å²) in [5, 5.41) is 0. The molecule has 0 aromatic rings. The molecule has 0 saturated heterocycles. The molecule has 0 aliphatic heterocycles. The fourth-order valence-corrected chi connectivity index (χ4v) is 7.54. The highest BCUT2D eigenvalue weighted by molar-refractivity contribution is 5.71. The molecule has 0 rings (SSSR count). The molecule has 0 aliphatic carbocycles. The summed E-state index contributed by atoms with van der Waals surface area (Å²) in [6.07, 6.45) is 60.9. The first-order valence-corrected chi connectivity index (χ1v) is 26.7. The second-order valence-corrected chi connectivity index (χ2v) is 17.8. The monoisotopic (exact) mass is 869 g/mol. The van der Waals surface area contributed by atoms with Crippen LogP contribution in [0.15, 0.2) is 48.6 Å². The highest BCUT2D eigenvalue weighted by atomic mass is 16.6. The lowest BCUT2D eigenvalue weighted by molar-refractivity contribution is -0.167. The van der Waals surface area contributed by atoms with E-state index in [-0.39, 0.29) is 31.1 Å². The minimum Gasteiger partial charge on any atom is -0.462 e. The van der Waals surface area contributed by atoms with Gasteiger partial charge in [-0.1, -0.05) is 230 Å². The van der Waals surface area contributed by atoms with Crippen molar-refractivity contribution in [2.75, 3.05) is 13.2 Å². The van der Waals surface area contributed by atoms with Crippen LogP contribution in [0.2, 0.25) is 0 Å². The maximum Gasteiger partial charge on any atom is 0.306 e. The molecule has 0 fully saturated rings. The molecule has 1 atom stereocenters. The Morgan fingerprint density at radius 1 is 0.323 bits per heavy atom. The third kappa shape index (κ3) is 48.4. The Morgan fingerprint density at radius 2 is 0.565 bits per heavy atom. The number of carbonyl (C=O) groups excluding carboxylic acids is 3. The molecular weight excluding hydrogens is 769 g/mol. The van der Waals surface area contributed by atoms with Crippen LogP contribution in [0.1, 0.15) is 271 Å². The summed E-state index contributed by atoms with van der Waals surface area (Å²) in [6.45, 7) is 6.59. The van der Waals surface area contributed by atoms with E-state index in [0.29, 0.717) is 19.3 Å². The lowest BCUT2D eigenvalue weighted by atomic mass is 10.0. The summed E-state index contributed by atoms with van der Waals surface area (Å²) < 4.78 is 16.8. The van der Waals surface area contributed by atoms with Crippen molar-refractivity contribution in [3.63, 3.8) is 0 Å². The second kappa shape index (κ2) is 51.0. The standard InChI is InChI=1S/C56H100O6/c1-4-7-10-13-16-19-22-25-27-29-31-34-37-40-43-46-49-55(58)61-52-53(51-60-54(57)48-45-42-39-36-33-30-24-21-18-15-12-9-6-3)62-56(59)50-47-44-41-38-35-32-28-26-23-20-17-14-11-8-5-2/h17,20,23,26-27,29,31,34,53H,4-16,18-19,21-22,24-25,28,30,32-33,35-52H2,1-3H3/b20-17-,26-23-,29-27-,34-31-. The highest BCUT2D eigenvalue weighted by Gasteiger charge is 2.19. The topological polar surface area (TPSA) is 78.9 Å². The van der Waals surface area contributed by atoms with E-state index in [1.165, 1.54) is 148 Å². The zero-order valence-corrected chi connectivity index (χ0v) is 41.1. The number of allylic oxidation sites excluding steroid dienone is 8. The van der Waals surface area contributed by atoms with Crippen LogP contribution >= 0.6 is 0 Å². The van der Waals surface area contributed by atoms with Crippen LogP contribution in [0.25, 0.3) is 0 Å². The third-order valence-corrected chi connectivity index (χ3v) is 11.6. The number of esters is 3. The first kappa shape index (κ1) is 59.4. The van der Waals surface area contributed by atoms with Gasteiger partial charge in [0.2, 0.25) is 0 Å². The predicted octanol–water partition coefficient (Wildman–Crippen LogP) is 17.5. The first-order valence-electron chi connectivity index (χ1n) is 26.7. The van der Waals surface area contributed by atoms with Gasteiger partial charge in [0.05, 0.1) is 0 Å². The molecule has 6 nitrogen and oxygen atoms in total. The maximum atomic E-state index is 12.8. The molecule has 0 radical (unpaired) electrons. The molecule has 0 aromatic carbocycles. The molecule has 360 valence electrons. The fourth-order valence-electron chi connectivity index (χ4n) is 7.54. The van der Waals surface area contributed by atoms with Gasteiger partial charge in [-0.05, 0) is 70.6 Å². The van der Waals surface area contributed by atoms with Crippen LogP contribution in [-0.2, 0) is 28.6 Å². The number of hydrogen-bond donors (Lipinski definition) is 0. The van der Waals surface area contributed by atoms with E-state index in [1.807, 2.05) is 0 Å². The van der Waals surface area contributed by atoms with Gasteiger partial charge in [0.25, 0.3) is 0 Å². The van der Waals surface area contributed by atoms with Gasteiger partial charge in [0.1, 0.15) is 13.2 Å². The number of unbranched alkanes of at least 4 members (excludes halogenated alkanes) is 31. The van der Waals surface area contributed by atoms with Crippen LogP contribution in [0.5, 0.6) is 0 Å². The van der Waals surface area contributed by atoms with E-state index >= 15 is 0 Å². The summed E-state index contributed by atoms with van der Waals surface area (Å²) in [7, 11) is 0. The van der Waals surface area contributed by atoms with Crippen molar-refractivity contribution >= 4 is 17.9 Å². The van der Waals surface area contributed by atoms with Crippen molar-refractivity contribution in [3.05, 3.63) is 48.6 Å². The zero-order chi connectivity index (χ0) is 45.1. The first-order chi connectivity index (χ1) is 30.5.